The van der Waals surface area contributed by atoms with Crippen LogP contribution in [-0.2, 0) is 6.42 Å². The molecule has 0 amide bonds. The second kappa shape index (κ2) is 11.3. The average molecular weight is 366 g/mol. The standard InChI is InChI=1S/C19H32ClN5/c1-3-21-19(23-12-10-17-8-9-18(20)24-15-17)22-11-6-14-25-13-5-4-7-16(25)2/h8-9,15-16H,3-7,10-14H2,1-2H3,(H2,21,22,23). The number of aliphatic imine (C=N–C) groups is 1. The Morgan fingerprint density at radius 2 is 2.24 bits per heavy atom. The number of hydrogen-bond acceptors (Lipinski definition) is 3. The van der Waals surface area contributed by atoms with E-state index in [0.717, 1.165) is 51.0 Å². The first-order chi connectivity index (χ1) is 12.2. The molecule has 1 aromatic heterocycles. The molecule has 1 saturated heterocycles. The molecule has 6 heteroatoms. The summed E-state index contributed by atoms with van der Waals surface area (Å²) in [5.41, 5.74) is 1.17. The van der Waals surface area contributed by atoms with E-state index in [0.29, 0.717) is 5.15 Å². The Kier molecular flexibility index (Phi) is 9.05. The lowest BCUT2D eigenvalue weighted by Gasteiger charge is -2.33. The Balaban J connectivity index is 1.69. The summed E-state index contributed by atoms with van der Waals surface area (Å²) in [7, 11) is 0. The highest BCUT2D eigenvalue weighted by Gasteiger charge is 2.16. The molecule has 1 atom stereocenters. The molecule has 5 nitrogen and oxygen atoms in total. The van der Waals surface area contributed by atoms with E-state index in [9.17, 15) is 0 Å². The highest BCUT2D eigenvalue weighted by Crippen LogP contribution is 2.16. The highest BCUT2D eigenvalue weighted by atomic mass is 35.5. The number of aromatic nitrogens is 1. The lowest BCUT2D eigenvalue weighted by Crippen LogP contribution is -2.39. The molecular formula is C19H32ClN5. The van der Waals surface area contributed by atoms with Crippen molar-refractivity contribution in [1.29, 1.82) is 0 Å². The molecule has 140 valence electrons. The minimum absolute atomic E-state index is 0.537. The van der Waals surface area contributed by atoms with E-state index in [-0.39, 0.29) is 0 Å². The van der Waals surface area contributed by atoms with Gasteiger partial charge in [0, 0.05) is 38.4 Å². The van der Waals surface area contributed by atoms with Gasteiger partial charge in [0.05, 0.1) is 0 Å². The average Bonchev–Trinajstić information content (AvgIpc) is 2.61. The molecule has 1 aliphatic rings. The molecule has 0 saturated carbocycles. The molecule has 0 spiro atoms. The Hall–Kier alpha value is -1.33. The van der Waals surface area contributed by atoms with Gasteiger partial charge in [0.15, 0.2) is 5.96 Å². The smallest absolute Gasteiger partial charge is 0.191 e. The summed E-state index contributed by atoms with van der Waals surface area (Å²) in [6.45, 7) is 9.41. The molecule has 1 aliphatic heterocycles. The lowest BCUT2D eigenvalue weighted by atomic mass is 10.0. The predicted octanol–water partition coefficient (Wildman–Crippen LogP) is 3.10. The van der Waals surface area contributed by atoms with Crippen molar-refractivity contribution in [3.05, 3.63) is 29.0 Å². The van der Waals surface area contributed by atoms with Crippen LogP contribution in [0, 0.1) is 0 Å². The largest absolute Gasteiger partial charge is 0.357 e. The fourth-order valence-corrected chi connectivity index (χ4v) is 3.29. The number of guanidine groups is 1. The maximum absolute atomic E-state index is 5.81. The van der Waals surface area contributed by atoms with E-state index in [1.54, 1.807) is 0 Å². The van der Waals surface area contributed by atoms with E-state index in [1.807, 2.05) is 18.3 Å². The third kappa shape index (κ3) is 7.61. The molecule has 2 heterocycles. The van der Waals surface area contributed by atoms with Crippen LogP contribution in [0.2, 0.25) is 5.15 Å². The molecule has 25 heavy (non-hydrogen) atoms. The van der Waals surface area contributed by atoms with Gasteiger partial charge in [0.1, 0.15) is 5.15 Å². The van der Waals surface area contributed by atoms with Gasteiger partial charge in [0.25, 0.3) is 0 Å². The predicted molar refractivity (Wildman–Crippen MR) is 106 cm³/mol. The summed E-state index contributed by atoms with van der Waals surface area (Å²) in [4.78, 5) is 11.4. The number of nitrogens with zero attached hydrogens (tertiary/aromatic N) is 3. The first kappa shape index (κ1) is 20.0. The first-order valence-corrected chi connectivity index (χ1v) is 9.93. The Labute approximate surface area is 157 Å². The van der Waals surface area contributed by atoms with E-state index in [2.05, 4.69) is 34.4 Å². The number of nitrogens with one attached hydrogen (secondary N) is 2. The fourth-order valence-electron chi connectivity index (χ4n) is 3.18. The van der Waals surface area contributed by atoms with Crippen molar-refractivity contribution in [2.45, 2.75) is 52.0 Å². The SMILES string of the molecule is CCNC(=NCCCN1CCCCC1C)NCCc1ccc(Cl)nc1. The number of rotatable bonds is 8. The molecule has 0 bridgehead atoms. The van der Waals surface area contributed by atoms with E-state index >= 15 is 0 Å². The van der Waals surface area contributed by atoms with Crippen LogP contribution in [0.5, 0.6) is 0 Å². The molecule has 1 unspecified atom stereocenters. The van der Waals surface area contributed by atoms with Crippen LogP contribution in [0.4, 0.5) is 0 Å². The summed E-state index contributed by atoms with van der Waals surface area (Å²) >= 11 is 5.81. The monoisotopic (exact) mass is 365 g/mol. The maximum atomic E-state index is 5.81. The molecule has 2 N–H and O–H groups in total. The van der Waals surface area contributed by atoms with Crippen molar-refractivity contribution < 1.29 is 0 Å². The van der Waals surface area contributed by atoms with Gasteiger partial charge in [-0.15, -0.1) is 0 Å². The first-order valence-electron chi connectivity index (χ1n) is 9.55. The molecular weight excluding hydrogens is 334 g/mol. The molecule has 1 fully saturated rings. The normalized spacial score (nSPS) is 19.0. The van der Waals surface area contributed by atoms with Gasteiger partial charge in [-0.3, -0.25) is 4.99 Å². The summed E-state index contributed by atoms with van der Waals surface area (Å²) in [6, 6.07) is 4.58. The van der Waals surface area contributed by atoms with Gasteiger partial charge >= 0.3 is 0 Å². The van der Waals surface area contributed by atoms with Crippen LogP contribution in [0.25, 0.3) is 0 Å². The number of piperidine rings is 1. The zero-order valence-corrected chi connectivity index (χ0v) is 16.4. The number of halogens is 1. The van der Waals surface area contributed by atoms with Crippen molar-refractivity contribution >= 4 is 17.6 Å². The number of pyridine rings is 1. The van der Waals surface area contributed by atoms with Gasteiger partial charge in [-0.2, -0.15) is 0 Å². The van der Waals surface area contributed by atoms with Gasteiger partial charge in [0.2, 0.25) is 0 Å². The van der Waals surface area contributed by atoms with Crippen LogP contribution in [0.3, 0.4) is 0 Å². The maximum Gasteiger partial charge on any atom is 0.191 e. The van der Waals surface area contributed by atoms with Gasteiger partial charge in [-0.1, -0.05) is 24.1 Å². The minimum Gasteiger partial charge on any atom is -0.357 e. The topological polar surface area (TPSA) is 52.6 Å². The van der Waals surface area contributed by atoms with Crippen molar-refractivity contribution in [3.8, 4) is 0 Å². The van der Waals surface area contributed by atoms with Crippen molar-refractivity contribution in [3.63, 3.8) is 0 Å². The summed E-state index contributed by atoms with van der Waals surface area (Å²) in [5, 5.41) is 7.25. The molecule has 2 rings (SSSR count). The number of likely N-dealkylation sites (tertiary alicyclic amines) is 1. The fraction of sp³-hybridized carbons (Fsp3) is 0.684. The van der Waals surface area contributed by atoms with E-state index in [1.165, 1.54) is 31.4 Å². The van der Waals surface area contributed by atoms with Crippen molar-refractivity contribution in [1.82, 2.24) is 20.5 Å². The summed E-state index contributed by atoms with van der Waals surface area (Å²) < 4.78 is 0. The Morgan fingerprint density at radius 1 is 1.36 bits per heavy atom. The van der Waals surface area contributed by atoms with E-state index in [4.69, 9.17) is 16.6 Å². The third-order valence-electron chi connectivity index (χ3n) is 4.65. The Bertz CT molecular complexity index is 517. The van der Waals surface area contributed by atoms with Crippen molar-refractivity contribution in [2.75, 3.05) is 32.7 Å². The molecule has 0 aliphatic carbocycles. The second-order valence-corrected chi connectivity index (χ2v) is 7.05. The quantitative estimate of drug-likeness (QED) is 0.322. The lowest BCUT2D eigenvalue weighted by molar-refractivity contribution is 0.160. The zero-order chi connectivity index (χ0) is 17.9. The molecule has 0 radical (unpaired) electrons. The van der Waals surface area contributed by atoms with Crippen LogP contribution >= 0.6 is 11.6 Å². The zero-order valence-electron chi connectivity index (χ0n) is 15.6. The van der Waals surface area contributed by atoms with E-state index < -0.39 is 0 Å². The second-order valence-electron chi connectivity index (χ2n) is 6.66. The molecule has 1 aromatic rings. The van der Waals surface area contributed by atoms with Gasteiger partial charge < -0.3 is 15.5 Å². The summed E-state index contributed by atoms with van der Waals surface area (Å²) in [5.74, 6) is 0.899. The van der Waals surface area contributed by atoms with Crippen LogP contribution < -0.4 is 10.6 Å². The third-order valence-corrected chi connectivity index (χ3v) is 4.88. The van der Waals surface area contributed by atoms with Crippen LogP contribution in [0.1, 0.15) is 45.1 Å². The van der Waals surface area contributed by atoms with Crippen LogP contribution in [0.15, 0.2) is 23.3 Å². The van der Waals surface area contributed by atoms with Gasteiger partial charge in [-0.05, 0) is 57.7 Å². The Morgan fingerprint density at radius 3 is 2.96 bits per heavy atom. The minimum atomic E-state index is 0.537. The van der Waals surface area contributed by atoms with Crippen LogP contribution in [-0.4, -0.2) is 54.6 Å². The van der Waals surface area contributed by atoms with Crippen molar-refractivity contribution in [2.24, 2.45) is 4.99 Å². The summed E-state index contributed by atoms with van der Waals surface area (Å²) in [6.07, 6.45) is 7.91. The molecule has 0 aromatic carbocycles. The highest BCUT2D eigenvalue weighted by molar-refractivity contribution is 6.29. The van der Waals surface area contributed by atoms with Gasteiger partial charge in [-0.25, -0.2) is 4.98 Å². The number of hydrogen-bond donors (Lipinski definition) is 2.